The molecule has 0 unspecified atom stereocenters. The van der Waals surface area contributed by atoms with E-state index in [1.54, 1.807) is 0 Å². The zero-order chi connectivity index (χ0) is 13.0. The predicted octanol–water partition coefficient (Wildman–Crippen LogP) is 2.34. The van der Waals surface area contributed by atoms with Crippen LogP contribution >= 0.6 is 0 Å². The number of benzene rings is 1. The Kier molecular flexibility index (Phi) is 4.37. The Balaban J connectivity index is 2.05. The van der Waals surface area contributed by atoms with Gasteiger partial charge in [0.2, 0.25) is 0 Å². The number of unbranched alkanes of at least 4 members (excludes halogenated alkanes) is 1. The van der Waals surface area contributed by atoms with Crippen LogP contribution in [0.3, 0.4) is 0 Å². The zero-order valence-electron chi connectivity index (χ0n) is 10.9. The first-order chi connectivity index (χ1) is 8.72. The fourth-order valence-electron chi connectivity index (χ4n) is 2.56. The Labute approximate surface area is 108 Å². The average molecular weight is 247 g/mol. The van der Waals surface area contributed by atoms with E-state index in [-0.39, 0.29) is 11.9 Å². The molecule has 0 bridgehead atoms. The van der Waals surface area contributed by atoms with Crippen molar-refractivity contribution in [1.82, 2.24) is 4.90 Å². The van der Waals surface area contributed by atoms with Crippen molar-refractivity contribution in [3.05, 3.63) is 35.9 Å². The van der Waals surface area contributed by atoms with Crippen molar-refractivity contribution in [3.63, 3.8) is 0 Å². The van der Waals surface area contributed by atoms with Crippen molar-refractivity contribution in [2.45, 2.75) is 51.3 Å². The summed E-state index contributed by atoms with van der Waals surface area (Å²) in [5.41, 5.74) is 1.13. The summed E-state index contributed by atoms with van der Waals surface area (Å²) >= 11 is 0. The van der Waals surface area contributed by atoms with Crippen LogP contribution < -0.4 is 0 Å². The Morgan fingerprint density at radius 3 is 2.72 bits per heavy atom. The molecule has 1 aliphatic rings. The van der Waals surface area contributed by atoms with Crippen molar-refractivity contribution >= 4 is 5.91 Å². The summed E-state index contributed by atoms with van der Waals surface area (Å²) in [6.07, 6.45) is 3.02. The lowest BCUT2D eigenvalue weighted by atomic mass is 10.1. The Bertz CT molecular complexity index is 391. The van der Waals surface area contributed by atoms with Crippen molar-refractivity contribution < 1.29 is 9.90 Å². The van der Waals surface area contributed by atoms with Crippen LogP contribution in [0.2, 0.25) is 0 Å². The number of likely N-dealkylation sites (tertiary alicyclic amines) is 1. The van der Waals surface area contributed by atoms with Gasteiger partial charge in [0.25, 0.3) is 5.91 Å². The quantitative estimate of drug-likeness (QED) is 0.867. The highest BCUT2D eigenvalue weighted by Gasteiger charge is 2.37. The van der Waals surface area contributed by atoms with E-state index in [0.29, 0.717) is 13.0 Å². The molecular weight excluding hydrogens is 226 g/mol. The van der Waals surface area contributed by atoms with Gasteiger partial charge in [-0.05, 0) is 12.0 Å². The molecule has 1 heterocycles. The van der Waals surface area contributed by atoms with Crippen LogP contribution in [0.15, 0.2) is 30.3 Å². The number of aliphatic hydroxyl groups excluding tert-OH is 1. The summed E-state index contributed by atoms with van der Waals surface area (Å²) in [6, 6.07) is 10.2. The maximum absolute atomic E-state index is 12.0. The molecule has 1 amide bonds. The summed E-state index contributed by atoms with van der Waals surface area (Å²) in [6.45, 7) is 2.76. The summed E-state index contributed by atoms with van der Waals surface area (Å²) in [4.78, 5) is 13.8. The fourth-order valence-corrected chi connectivity index (χ4v) is 2.56. The summed E-state index contributed by atoms with van der Waals surface area (Å²) < 4.78 is 0. The largest absolute Gasteiger partial charge is 0.383 e. The van der Waals surface area contributed by atoms with Gasteiger partial charge < -0.3 is 10.0 Å². The monoisotopic (exact) mass is 247 g/mol. The van der Waals surface area contributed by atoms with E-state index in [2.05, 4.69) is 6.92 Å². The first kappa shape index (κ1) is 13.1. The van der Waals surface area contributed by atoms with Gasteiger partial charge in [-0.2, -0.15) is 0 Å². The van der Waals surface area contributed by atoms with E-state index in [1.807, 2.05) is 35.2 Å². The topological polar surface area (TPSA) is 40.5 Å². The lowest BCUT2D eigenvalue weighted by molar-refractivity contribution is -0.135. The molecule has 3 nitrogen and oxygen atoms in total. The van der Waals surface area contributed by atoms with Gasteiger partial charge in [0.15, 0.2) is 0 Å². The first-order valence-corrected chi connectivity index (χ1v) is 6.75. The van der Waals surface area contributed by atoms with Crippen molar-refractivity contribution in [2.75, 3.05) is 0 Å². The second-order valence-electron chi connectivity index (χ2n) is 5.00. The Morgan fingerprint density at radius 2 is 2.06 bits per heavy atom. The van der Waals surface area contributed by atoms with Crippen molar-refractivity contribution in [3.8, 4) is 0 Å². The molecule has 1 aromatic rings. The number of rotatable bonds is 5. The fraction of sp³-hybridized carbons (Fsp3) is 0.533. The number of nitrogens with zero attached hydrogens (tertiary/aromatic N) is 1. The van der Waals surface area contributed by atoms with Gasteiger partial charge in [-0.25, -0.2) is 0 Å². The van der Waals surface area contributed by atoms with Gasteiger partial charge in [-0.15, -0.1) is 0 Å². The first-order valence-electron chi connectivity index (χ1n) is 6.75. The molecule has 2 rings (SSSR count). The maximum atomic E-state index is 12.0. The normalized spacial score (nSPS) is 23.7. The molecule has 0 aliphatic carbocycles. The van der Waals surface area contributed by atoms with Crippen molar-refractivity contribution in [2.24, 2.45) is 0 Å². The molecule has 98 valence electrons. The van der Waals surface area contributed by atoms with E-state index in [4.69, 9.17) is 0 Å². The molecule has 1 fully saturated rings. The van der Waals surface area contributed by atoms with Crippen LogP contribution in [-0.2, 0) is 11.3 Å². The highest BCUT2D eigenvalue weighted by Crippen LogP contribution is 2.25. The lowest BCUT2D eigenvalue weighted by Gasteiger charge is -2.24. The Hall–Kier alpha value is -1.35. The van der Waals surface area contributed by atoms with E-state index in [0.717, 1.165) is 24.8 Å². The molecule has 1 saturated heterocycles. The SMILES string of the molecule is CCCC[C@H]1C[C@@H](O)C(=O)N1Cc1ccccc1. The number of hydrogen-bond acceptors (Lipinski definition) is 2. The predicted molar refractivity (Wildman–Crippen MR) is 70.9 cm³/mol. The number of carbonyl (C=O) groups excluding carboxylic acids is 1. The molecular formula is C15H21NO2. The van der Waals surface area contributed by atoms with Gasteiger partial charge in [-0.1, -0.05) is 50.1 Å². The van der Waals surface area contributed by atoms with Crippen LogP contribution in [0.1, 0.15) is 38.2 Å². The van der Waals surface area contributed by atoms with E-state index < -0.39 is 6.10 Å². The minimum atomic E-state index is -0.796. The second-order valence-corrected chi connectivity index (χ2v) is 5.00. The molecule has 2 atom stereocenters. The third kappa shape index (κ3) is 2.91. The van der Waals surface area contributed by atoms with Crippen LogP contribution in [0.5, 0.6) is 0 Å². The molecule has 1 N–H and O–H groups in total. The van der Waals surface area contributed by atoms with Crippen LogP contribution in [0.25, 0.3) is 0 Å². The second kappa shape index (κ2) is 6.01. The zero-order valence-corrected chi connectivity index (χ0v) is 10.9. The molecule has 1 aliphatic heterocycles. The average Bonchev–Trinajstić information content (AvgIpc) is 2.65. The molecule has 1 aromatic carbocycles. The standard InChI is InChI=1S/C15H21NO2/c1-2-3-9-13-10-14(17)15(18)16(13)11-12-7-5-4-6-8-12/h4-8,13-14,17H,2-3,9-11H2,1H3/t13-,14+/m0/s1. The summed E-state index contributed by atoms with van der Waals surface area (Å²) in [7, 11) is 0. The molecule has 0 aromatic heterocycles. The Morgan fingerprint density at radius 1 is 1.33 bits per heavy atom. The lowest BCUT2D eigenvalue weighted by Crippen LogP contribution is -2.34. The minimum absolute atomic E-state index is 0.111. The van der Waals surface area contributed by atoms with Gasteiger partial charge in [-0.3, -0.25) is 4.79 Å². The number of carbonyl (C=O) groups is 1. The van der Waals surface area contributed by atoms with E-state index >= 15 is 0 Å². The van der Waals surface area contributed by atoms with E-state index in [1.165, 1.54) is 0 Å². The van der Waals surface area contributed by atoms with Crippen LogP contribution in [-0.4, -0.2) is 28.1 Å². The summed E-state index contributed by atoms with van der Waals surface area (Å²) in [5.74, 6) is -0.111. The number of amides is 1. The van der Waals surface area contributed by atoms with Gasteiger partial charge >= 0.3 is 0 Å². The number of hydrogen-bond donors (Lipinski definition) is 1. The smallest absolute Gasteiger partial charge is 0.252 e. The van der Waals surface area contributed by atoms with Gasteiger partial charge in [0, 0.05) is 19.0 Å². The molecule has 0 saturated carbocycles. The van der Waals surface area contributed by atoms with Crippen LogP contribution in [0.4, 0.5) is 0 Å². The van der Waals surface area contributed by atoms with Crippen molar-refractivity contribution in [1.29, 1.82) is 0 Å². The third-order valence-corrected chi connectivity index (χ3v) is 3.59. The van der Waals surface area contributed by atoms with Gasteiger partial charge in [0.05, 0.1) is 0 Å². The third-order valence-electron chi connectivity index (χ3n) is 3.59. The highest BCUT2D eigenvalue weighted by atomic mass is 16.3. The molecule has 0 radical (unpaired) electrons. The minimum Gasteiger partial charge on any atom is -0.383 e. The highest BCUT2D eigenvalue weighted by molar-refractivity contribution is 5.83. The maximum Gasteiger partial charge on any atom is 0.252 e. The number of aliphatic hydroxyl groups is 1. The summed E-state index contributed by atoms with van der Waals surface area (Å²) in [5, 5.41) is 9.72. The van der Waals surface area contributed by atoms with Crippen LogP contribution in [0, 0.1) is 0 Å². The van der Waals surface area contributed by atoms with E-state index in [9.17, 15) is 9.90 Å². The molecule has 18 heavy (non-hydrogen) atoms. The molecule has 3 heteroatoms. The van der Waals surface area contributed by atoms with Gasteiger partial charge in [0.1, 0.15) is 6.10 Å². The molecule has 0 spiro atoms.